The molecule has 7 heteroatoms. The predicted molar refractivity (Wildman–Crippen MR) is 125 cm³/mol. The van der Waals surface area contributed by atoms with Gasteiger partial charge in [-0.2, -0.15) is 0 Å². The number of ether oxygens (including phenoxy) is 1. The molecule has 7 nitrogen and oxygen atoms in total. The van der Waals surface area contributed by atoms with Gasteiger partial charge in [-0.15, -0.1) is 0 Å². The maximum atomic E-state index is 13.1. The monoisotopic (exact) mass is 444 g/mol. The number of nitro groups is 1. The van der Waals surface area contributed by atoms with E-state index in [1.165, 1.54) is 25.1 Å². The Bertz CT molecular complexity index is 1090. The number of nitro benzene ring substituents is 1. The van der Waals surface area contributed by atoms with Crippen molar-refractivity contribution in [3.05, 3.63) is 118 Å². The lowest BCUT2D eigenvalue weighted by atomic mass is 10.1. The third kappa shape index (κ3) is 6.87. The summed E-state index contributed by atoms with van der Waals surface area (Å²) in [6.07, 6.45) is 1.37. The number of carbonyl (C=O) groups is 2. The van der Waals surface area contributed by atoms with Gasteiger partial charge in [0.1, 0.15) is 0 Å². The first-order valence-electron chi connectivity index (χ1n) is 10.4. The molecule has 0 aliphatic heterocycles. The number of hydrogen-bond donors (Lipinski definition) is 0. The number of amides is 1. The maximum Gasteiger partial charge on any atom is 0.331 e. The number of para-hydroxylation sites is 1. The van der Waals surface area contributed by atoms with Crippen LogP contribution in [-0.4, -0.2) is 27.8 Å². The summed E-state index contributed by atoms with van der Waals surface area (Å²) in [6.45, 7) is 2.24. The third-order valence-corrected chi connectivity index (χ3v) is 4.92. The Hall–Kier alpha value is -4.26. The summed E-state index contributed by atoms with van der Waals surface area (Å²) >= 11 is 0. The number of carbonyl (C=O) groups excluding carboxylic acids is 2. The second-order valence-electron chi connectivity index (χ2n) is 7.39. The van der Waals surface area contributed by atoms with E-state index in [2.05, 4.69) is 0 Å². The molecule has 3 rings (SSSR count). The van der Waals surface area contributed by atoms with Crippen molar-refractivity contribution in [3.63, 3.8) is 0 Å². The summed E-state index contributed by atoms with van der Waals surface area (Å²) in [7, 11) is 0. The molecule has 0 aromatic heterocycles. The highest BCUT2D eigenvalue weighted by atomic mass is 16.6. The van der Waals surface area contributed by atoms with Crippen molar-refractivity contribution < 1.29 is 19.2 Å². The second kappa shape index (κ2) is 11.4. The summed E-state index contributed by atoms with van der Waals surface area (Å²) in [5.41, 5.74) is 2.06. The summed E-state index contributed by atoms with van der Waals surface area (Å²) in [5.74, 6) is -1.09. The van der Waals surface area contributed by atoms with Crippen LogP contribution in [0.25, 0.3) is 6.08 Å². The van der Waals surface area contributed by atoms with Crippen LogP contribution >= 0.6 is 0 Å². The van der Waals surface area contributed by atoms with Crippen LogP contribution in [0.4, 0.5) is 5.69 Å². The quantitative estimate of drug-likeness (QED) is 0.205. The average molecular weight is 444 g/mol. The van der Waals surface area contributed by atoms with Crippen molar-refractivity contribution in [1.29, 1.82) is 0 Å². The Morgan fingerprint density at radius 2 is 1.42 bits per heavy atom. The predicted octanol–water partition coefficient (Wildman–Crippen LogP) is 4.77. The van der Waals surface area contributed by atoms with Gasteiger partial charge in [0.2, 0.25) is 0 Å². The van der Waals surface area contributed by atoms with E-state index in [0.29, 0.717) is 13.1 Å². The molecule has 1 atom stereocenters. The highest BCUT2D eigenvalue weighted by Crippen LogP contribution is 2.19. The van der Waals surface area contributed by atoms with Crippen LogP contribution in [0.1, 0.15) is 23.6 Å². The molecule has 0 spiro atoms. The molecule has 0 saturated heterocycles. The van der Waals surface area contributed by atoms with Crippen molar-refractivity contribution >= 4 is 23.6 Å². The Balaban J connectivity index is 1.70. The zero-order chi connectivity index (χ0) is 23.6. The smallest absolute Gasteiger partial charge is 0.331 e. The number of rotatable bonds is 9. The van der Waals surface area contributed by atoms with E-state index in [4.69, 9.17) is 4.74 Å². The van der Waals surface area contributed by atoms with Crippen LogP contribution in [0.3, 0.4) is 0 Å². The van der Waals surface area contributed by atoms with E-state index in [1.54, 1.807) is 17.0 Å². The molecule has 0 bridgehead atoms. The highest BCUT2D eigenvalue weighted by Gasteiger charge is 2.24. The van der Waals surface area contributed by atoms with Gasteiger partial charge in [0, 0.05) is 25.2 Å². The second-order valence-corrected chi connectivity index (χ2v) is 7.39. The van der Waals surface area contributed by atoms with E-state index in [1.807, 2.05) is 60.7 Å². The zero-order valence-electron chi connectivity index (χ0n) is 18.2. The topological polar surface area (TPSA) is 89.7 Å². The SMILES string of the molecule is C[C@H](OC(=O)/C=C/c1ccccc1[N+](=O)[O-])C(=O)N(Cc1ccccc1)Cc1ccccc1. The lowest BCUT2D eigenvalue weighted by molar-refractivity contribution is -0.385. The van der Waals surface area contributed by atoms with Crippen LogP contribution in [0.15, 0.2) is 91.0 Å². The molecular weight excluding hydrogens is 420 g/mol. The number of nitrogens with zero attached hydrogens (tertiary/aromatic N) is 2. The van der Waals surface area contributed by atoms with E-state index >= 15 is 0 Å². The van der Waals surface area contributed by atoms with E-state index in [0.717, 1.165) is 17.2 Å². The number of hydrogen-bond acceptors (Lipinski definition) is 5. The van der Waals surface area contributed by atoms with Gasteiger partial charge in [-0.3, -0.25) is 14.9 Å². The first-order chi connectivity index (χ1) is 15.9. The third-order valence-electron chi connectivity index (χ3n) is 4.92. The van der Waals surface area contributed by atoms with E-state index in [9.17, 15) is 19.7 Å². The number of esters is 1. The average Bonchev–Trinajstić information content (AvgIpc) is 2.83. The molecule has 1 amide bonds. The van der Waals surface area contributed by atoms with Crippen molar-refractivity contribution in [2.75, 3.05) is 0 Å². The molecule has 0 saturated carbocycles. The number of benzene rings is 3. The molecule has 0 fully saturated rings. The molecular formula is C26H24N2O5. The summed E-state index contributed by atoms with van der Waals surface area (Å²) in [4.78, 5) is 37.7. The Kier molecular flexibility index (Phi) is 8.07. The van der Waals surface area contributed by atoms with Crippen LogP contribution in [0, 0.1) is 10.1 Å². The molecule has 0 N–H and O–H groups in total. The minimum atomic E-state index is -1.03. The lowest BCUT2D eigenvalue weighted by Gasteiger charge is -2.26. The highest BCUT2D eigenvalue weighted by molar-refractivity contribution is 5.91. The Labute approximate surface area is 192 Å². The minimum absolute atomic E-state index is 0.123. The van der Waals surface area contributed by atoms with Crippen LogP contribution in [0.2, 0.25) is 0 Å². The molecule has 168 valence electrons. The largest absolute Gasteiger partial charge is 0.449 e. The molecule has 0 radical (unpaired) electrons. The minimum Gasteiger partial charge on any atom is -0.449 e. The van der Waals surface area contributed by atoms with Gasteiger partial charge in [0.15, 0.2) is 6.10 Å². The molecule has 0 aliphatic rings. The van der Waals surface area contributed by atoms with Gasteiger partial charge in [0.25, 0.3) is 11.6 Å². The summed E-state index contributed by atoms with van der Waals surface area (Å²) < 4.78 is 5.30. The van der Waals surface area contributed by atoms with E-state index in [-0.39, 0.29) is 17.2 Å². The van der Waals surface area contributed by atoms with Crippen LogP contribution in [-0.2, 0) is 27.4 Å². The standard InChI is InChI=1S/C26H24N2O5/c1-20(33-25(29)17-16-23-14-8-9-15-24(23)28(31)32)26(30)27(18-21-10-4-2-5-11-21)19-22-12-6-3-7-13-22/h2-17,20H,18-19H2,1H3/b17-16+/t20-/m0/s1. The van der Waals surface area contributed by atoms with E-state index < -0.39 is 17.0 Å². The fourth-order valence-electron chi connectivity index (χ4n) is 3.29. The molecule has 3 aromatic rings. The van der Waals surface area contributed by atoms with Gasteiger partial charge in [-0.1, -0.05) is 72.8 Å². The van der Waals surface area contributed by atoms with Crippen molar-refractivity contribution in [3.8, 4) is 0 Å². The Morgan fingerprint density at radius 3 is 1.97 bits per heavy atom. The maximum absolute atomic E-state index is 13.1. The molecule has 0 heterocycles. The van der Waals surface area contributed by atoms with Crippen LogP contribution in [0.5, 0.6) is 0 Å². The van der Waals surface area contributed by atoms with Gasteiger partial charge in [-0.05, 0) is 30.2 Å². The van der Waals surface area contributed by atoms with Crippen molar-refractivity contribution in [2.45, 2.75) is 26.1 Å². The summed E-state index contributed by atoms with van der Waals surface area (Å²) in [6, 6.07) is 25.2. The van der Waals surface area contributed by atoms with Crippen molar-refractivity contribution in [2.24, 2.45) is 0 Å². The Morgan fingerprint density at radius 1 is 0.909 bits per heavy atom. The van der Waals surface area contributed by atoms with Crippen LogP contribution < -0.4 is 0 Å². The fraction of sp³-hybridized carbons (Fsp3) is 0.154. The normalized spacial score (nSPS) is 11.7. The van der Waals surface area contributed by atoms with Gasteiger partial charge >= 0.3 is 5.97 Å². The van der Waals surface area contributed by atoms with Gasteiger partial charge in [-0.25, -0.2) is 4.79 Å². The zero-order valence-corrected chi connectivity index (χ0v) is 18.2. The molecule has 0 unspecified atom stereocenters. The van der Waals surface area contributed by atoms with Gasteiger partial charge in [0.05, 0.1) is 10.5 Å². The summed E-state index contributed by atoms with van der Waals surface area (Å²) in [5, 5.41) is 11.1. The molecule has 33 heavy (non-hydrogen) atoms. The molecule has 0 aliphatic carbocycles. The molecule has 3 aromatic carbocycles. The first kappa shape index (κ1) is 23.4. The first-order valence-corrected chi connectivity index (χ1v) is 10.4. The van der Waals surface area contributed by atoms with Crippen molar-refractivity contribution in [1.82, 2.24) is 4.90 Å². The fourth-order valence-corrected chi connectivity index (χ4v) is 3.29. The lowest BCUT2D eigenvalue weighted by Crippen LogP contribution is -2.39. The van der Waals surface area contributed by atoms with Gasteiger partial charge < -0.3 is 9.64 Å².